The average Bonchev–Trinajstić information content (AvgIpc) is 3.30. The summed E-state index contributed by atoms with van der Waals surface area (Å²) in [5.41, 5.74) is 4.73. The fourth-order valence-corrected chi connectivity index (χ4v) is 3.70. The van der Waals surface area contributed by atoms with Gasteiger partial charge in [-0.2, -0.15) is 9.78 Å². The molecular weight excluding hydrogens is 392 g/mol. The molecule has 4 rings (SSSR count). The molecular formula is C21H17ClN4OS. The number of hydrogen-bond donors (Lipinski definition) is 1. The predicted octanol–water partition coefficient (Wildman–Crippen LogP) is 5.58. The second kappa shape index (κ2) is 7.58. The van der Waals surface area contributed by atoms with Gasteiger partial charge in [-0.25, -0.2) is 4.98 Å². The Bertz CT molecular complexity index is 1130. The lowest BCUT2D eigenvalue weighted by Gasteiger charge is -2.03. The molecule has 0 bridgehead atoms. The van der Waals surface area contributed by atoms with Gasteiger partial charge >= 0.3 is 0 Å². The largest absolute Gasteiger partial charge is 0.311 e. The van der Waals surface area contributed by atoms with Crippen LogP contribution in [0.4, 0.5) is 5.82 Å². The number of nitrogens with one attached hydrogen (secondary N) is 1. The normalized spacial score (nSPS) is 10.8. The van der Waals surface area contributed by atoms with Gasteiger partial charge in [0.15, 0.2) is 0 Å². The molecule has 0 atom stereocenters. The summed E-state index contributed by atoms with van der Waals surface area (Å²) in [6.45, 7) is 3.52. The molecule has 1 N–H and O–H groups in total. The van der Waals surface area contributed by atoms with Crippen LogP contribution in [0.2, 0.25) is 5.02 Å². The predicted molar refractivity (Wildman–Crippen MR) is 114 cm³/mol. The molecule has 0 saturated heterocycles. The number of carbonyl (C=O) groups excluding carboxylic acids is 1. The molecule has 2 aromatic carbocycles. The first kappa shape index (κ1) is 18.4. The number of thiazole rings is 1. The van der Waals surface area contributed by atoms with Crippen molar-refractivity contribution in [1.29, 1.82) is 0 Å². The lowest BCUT2D eigenvalue weighted by molar-refractivity contribution is -0.114. The fraction of sp³-hybridized carbons (Fsp3) is 0.0952. The van der Waals surface area contributed by atoms with Crippen LogP contribution in [0.3, 0.4) is 0 Å². The summed E-state index contributed by atoms with van der Waals surface area (Å²) in [4.78, 5) is 16.4. The fourth-order valence-electron chi connectivity index (χ4n) is 2.78. The Kier molecular flexibility index (Phi) is 4.98. The first-order chi connectivity index (χ1) is 13.5. The van der Waals surface area contributed by atoms with Crippen molar-refractivity contribution in [3.8, 4) is 27.6 Å². The zero-order chi connectivity index (χ0) is 19.7. The second-order valence-electron chi connectivity index (χ2n) is 6.40. The summed E-state index contributed by atoms with van der Waals surface area (Å²) in [6, 6.07) is 17.5. The number of amides is 1. The highest BCUT2D eigenvalue weighted by Crippen LogP contribution is 2.29. The maximum atomic E-state index is 11.7. The van der Waals surface area contributed by atoms with Crippen molar-refractivity contribution >= 4 is 34.7 Å². The molecule has 0 aliphatic carbocycles. The van der Waals surface area contributed by atoms with Crippen LogP contribution in [-0.2, 0) is 4.79 Å². The van der Waals surface area contributed by atoms with Crippen molar-refractivity contribution in [3.05, 3.63) is 70.6 Å². The lowest BCUT2D eigenvalue weighted by atomic mass is 10.1. The van der Waals surface area contributed by atoms with Crippen LogP contribution in [0.5, 0.6) is 0 Å². The Morgan fingerprint density at radius 3 is 2.36 bits per heavy atom. The quantitative estimate of drug-likeness (QED) is 0.479. The topological polar surface area (TPSA) is 59.8 Å². The highest BCUT2D eigenvalue weighted by molar-refractivity contribution is 7.12. The van der Waals surface area contributed by atoms with E-state index in [1.807, 2.05) is 66.9 Å². The average molecular weight is 409 g/mol. The number of carbonyl (C=O) groups is 1. The molecule has 140 valence electrons. The molecule has 0 spiro atoms. The Balaban J connectivity index is 1.74. The highest BCUT2D eigenvalue weighted by Gasteiger charge is 2.15. The van der Waals surface area contributed by atoms with E-state index in [1.54, 1.807) is 4.68 Å². The third-order valence-electron chi connectivity index (χ3n) is 4.17. The second-order valence-corrected chi connectivity index (χ2v) is 7.67. The van der Waals surface area contributed by atoms with Crippen molar-refractivity contribution in [3.63, 3.8) is 0 Å². The van der Waals surface area contributed by atoms with Gasteiger partial charge in [0.1, 0.15) is 5.82 Å². The number of aryl methyl sites for hydroxylation is 1. The van der Waals surface area contributed by atoms with E-state index in [4.69, 9.17) is 16.6 Å². The van der Waals surface area contributed by atoms with E-state index in [0.717, 1.165) is 22.5 Å². The van der Waals surface area contributed by atoms with Crippen LogP contribution < -0.4 is 5.32 Å². The van der Waals surface area contributed by atoms with Gasteiger partial charge in [-0.3, -0.25) is 4.79 Å². The Morgan fingerprint density at radius 2 is 1.68 bits per heavy atom. The Labute approximate surface area is 171 Å². The van der Waals surface area contributed by atoms with Gasteiger partial charge in [-0.15, -0.1) is 11.3 Å². The minimum atomic E-state index is -0.161. The minimum absolute atomic E-state index is 0.161. The number of anilines is 1. The van der Waals surface area contributed by atoms with Crippen molar-refractivity contribution in [2.24, 2.45) is 0 Å². The molecule has 7 heteroatoms. The summed E-state index contributed by atoms with van der Waals surface area (Å²) in [5, 5.41) is 10.8. The van der Waals surface area contributed by atoms with Crippen LogP contribution in [0.1, 0.15) is 12.5 Å². The molecule has 4 aromatic rings. The lowest BCUT2D eigenvalue weighted by Crippen LogP contribution is -2.10. The zero-order valence-corrected chi connectivity index (χ0v) is 16.9. The Hall–Kier alpha value is -2.96. The molecule has 0 fully saturated rings. The Morgan fingerprint density at radius 1 is 1.04 bits per heavy atom. The number of halogens is 1. The van der Waals surface area contributed by atoms with E-state index in [9.17, 15) is 4.79 Å². The number of nitrogens with zero attached hydrogens (tertiary/aromatic N) is 3. The maximum absolute atomic E-state index is 11.7. The van der Waals surface area contributed by atoms with E-state index in [1.165, 1.54) is 23.8 Å². The van der Waals surface area contributed by atoms with Crippen LogP contribution in [0, 0.1) is 6.92 Å². The molecule has 0 radical (unpaired) electrons. The van der Waals surface area contributed by atoms with Gasteiger partial charge in [-0.1, -0.05) is 53.6 Å². The third-order valence-corrected chi connectivity index (χ3v) is 5.24. The van der Waals surface area contributed by atoms with Gasteiger partial charge < -0.3 is 5.32 Å². The van der Waals surface area contributed by atoms with E-state index in [0.29, 0.717) is 16.0 Å². The van der Waals surface area contributed by atoms with E-state index in [2.05, 4.69) is 10.4 Å². The highest BCUT2D eigenvalue weighted by atomic mass is 35.5. The number of aromatic nitrogens is 3. The van der Waals surface area contributed by atoms with E-state index in [-0.39, 0.29) is 5.91 Å². The van der Waals surface area contributed by atoms with Crippen LogP contribution in [0.25, 0.3) is 27.6 Å². The van der Waals surface area contributed by atoms with E-state index < -0.39 is 0 Å². The van der Waals surface area contributed by atoms with Gasteiger partial charge in [0.25, 0.3) is 0 Å². The number of benzene rings is 2. The van der Waals surface area contributed by atoms with Crippen LogP contribution >= 0.6 is 22.9 Å². The molecule has 1 amide bonds. The molecule has 28 heavy (non-hydrogen) atoms. The molecule has 0 aliphatic heterocycles. The monoisotopic (exact) mass is 408 g/mol. The zero-order valence-electron chi connectivity index (χ0n) is 15.3. The van der Waals surface area contributed by atoms with Crippen molar-refractivity contribution < 1.29 is 4.79 Å². The molecule has 5 nitrogen and oxygen atoms in total. The summed E-state index contributed by atoms with van der Waals surface area (Å²) in [5.74, 6) is 0.422. The van der Waals surface area contributed by atoms with Crippen LogP contribution in [0.15, 0.2) is 60.0 Å². The standard InChI is InChI=1S/C21H17ClN4OS/c1-13-3-5-15(6-4-13)18-11-20(23-14(2)27)26(25-18)21-24-19(12-28-21)16-7-9-17(22)10-8-16/h3-12H,1-2H3,(H,23,27). The van der Waals surface area contributed by atoms with Crippen LogP contribution in [-0.4, -0.2) is 20.7 Å². The van der Waals surface area contributed by atoms with Crippen molar-refractivity contribution in [1.82, 2.24) is 14.8 Å². The minimum Gasteiger partial charge on any atom is -0.311 e. The summed E-state index contributed by atoms with van der Waals surface area (Å²) >= 11 is 7.43. The maximum Gasteiger partial charge on any atom is 0.222 e. The van der Waals surface area contributed by atoms with Gasteiger partial charge in [0.05, 0.1) is 11.4 Å². The molecule has 0 unspecified atom stereocenters. The SMILES string of the molecule is CC(=O)Nc1cc(-c2ccc(C)cc2)nn1-c1nc(-c2ccc(Cl)cc2)cs1. The van der Waals surface area contributed by atoms with Crippen molar-refractivity contribution in [2.45, 2.75) is 13.8 Å². The molecule has 2 heterocycles. The van der Waals surface area contributed by atoms with Gasteiger partial charge in [0.2, 0.25) is 11.0 Å². The van der Waals surface area contributed by atoms with E-state index >= 15 is 0 Å². The van der Waals surface area contributed by atoms with Crippen molar-refractivity contribution in [2.75, 3.05) is 5.32 Å². The smallest absolute Gasteiger partial charge is 0.222 e. The van der Waals surface area contributed by atoms with Gasteiger partial charge in [0, 0.05) is 34.5 Å². The summed E-state index contributed by atoms with van der Waals surface area (Å²) in [6.07, 6.45) is 0. The first-order valence-electron chi connectivity index (χ1n) is 8.66. The first-order valence-corrected chi connectivity index (χ1v) is 9.92. The molecule has 0 aliphatic rings. The summed E-state index contributed by atoms with van der Waals surface area (Å²) in [7, 11) is 0. The van der Waals surface area contributed by atoms with Gasteiger partial charge in [-0.05, 0) is 19.1 Å². The third kappa shape index (κ3) is 3.83. The number of rotatable bonds is 4. The molecule has 2 aromatic heterocycles. The molecule has 0 saturated carbocycles. The number of hydrogen-bond acceptors (Lipinski definition) is 4. The summed E-state index contributed by atoms with van der Waals surface area (Å²) < 4.78 is 1.67.